The van der Waals surface area contributed by atoms with Crippen molar-refractivity contribution in [2.45, 2.75) is 38.3 Å². The highest BCUT2D eigenvalue weighted by Gasteiger charge is 2.80. The number of nitrogens with zero attached hydrogens (tertiary/aromatic N) is 1. The lowest BCUT2D eigenvalue weighted by atomic mass is 9.82. The topological polar surface area (TPSA) is 74.8 Å². The Morgan fingerprint density at radius 1 is 1.23 bits per heavy atom. The van der Waals surface area contributed by atoms with Gasteiger partial charge in [-0.2, -0.15) is 0 Å². The molecule has 6 nitrogen and oxygen atoms in total. The number of aromatic amines is 1. The van der Waals surface area contributed by atoms with Gasteiger partial charge < -0.3 is 19.6 Å². The summed E-state index contributed by atoms with van der Waals surface area (Å²) in [6.45, 7) is 3.07. The molecule has 3 aromatic rings. The summed E-state index contributed by atoms with van der Waals surface area (Å²) in [6, 6.07) is 10.3. The summed E-state index contributed by atoms with van der Waals surface area (Å²) in [7, 11) is 3.11. The van der Waals surface area contributed by atoms with Crippen molar-refractivity contribution in [3.8, 4) is 5.75 Å². The first-order chi connectivity index (χ1) is 16.7. The molecular formula is C27H30F2N2O4. The number of piperidine rings is 1. The number of hydrogen-bond acceptors (Lipinski definition) is 4. The maximum Gasteiger partial charge on any atom is 0.335 e. The maximum atomic E-state index is 15.1. The third-order valence-electron chi connectivity index (χ3n) is 8.10. The lowest BCUT2D eigenvalue weighted by Crippen LogP contribution is -2.39. The lowest BCUT2D eigenvalue weighted by molar-refractivity contribution is 0.00524. The van der Waals surface area contributed by atoms with Gasteiger partial charge in [0.25, 0.3) is 5.92 Å². The number of hydrogen-bond donors (Lipinski definition) is 2. The molecule has 0 radical (unpaired) electrons. The Bertz CT molecular complexity index is 1260. The number of likely N-dealkylation sites (tertiary alicyclic amines) is 1. The van der Waals surface area contributed by atoms with Gasteiger partial charge in [-0.05, 0) is 61.7 Å². The zero-order chi connectivity index (χ0) is 25.0. The summed E-state index contributed by atoms with van der Waals surface area (Å²) in [6.07, 6.45) is 2.56. The number of carboxylic acids is 1. The van der Waals surface area contributed by atoms with Crippen molar-refractivity contribution in [1.82, 2.24) is 9.88 Å². The van der Waals surface area contributed by atoms with Crippen LogP contribution in [0.2, 0.25) is 0 Å². The fourth-order valence-corrected chi connectivity index (χ4v) is 6.07. The normalized spacial score (nSPS) is 25.7. The van der Waals surface area contributed by atoms with Crippen molar-refractivity contribution in [3.63, 3.8) is 0 Å². The van der Waals surface area contributed by atoms with Crippen molar-refractivity contribution in [2.24, 2.45) is 11.3 Å². The Kier molecular flexibility index (Phi) is 5.84. The summed E-state index contributed by atoms with van der Waals surface area (Å²) < 4.78 is 41.0. The molecule has 2 aromatic carbocycles. The number of fused-ring (bicyclic) bond motifs is 1. The van der Waals surface area contributed by atoms with Crippen LogP contribution in [0.5, 0.6) is 5.75 Å². The molecule has 3 unspecified atom stereocenters. The first-order valence-electron chi connectivity index (χ1n) is 11.8. The molecule has 5 rings (SSSR count). The summed E-state index contributed by atoms with van der Waals surface area (Å²) in [4.78, 5) is 16.9. The Morgan fingerprint density at radius 2 is 1.97 bits per heavy atom. The van der Waals surface area contributed by atoms with Crippen LogP contribution >= 0.6 is 0 Å². The molecule has 2 fully saturated rings. The van der Waals surface area contributed by atoms with Crippen LogP contribution in [0.3, 0.4) is 0 Å². The molecule has 2 heterocycles. The largest absolute Gasteiger partial charge is 0.496 e. The third kappa shape index (κ3) is 3.70. The van der Waals surface area contributed by atoms with E-state index in [-0.39, 0.29) is 24.6 Å². The zero-order valence-electron chi connectivity index (χ0n) is 20.1. The number of carboxylic acid groups (broad SMARTS) is 1. The number of methoxy groups -OCH3 is 2. The first-order valence-corrected chi connectivity index (χ1v) is 11.8. The van der Waals surface area contributed by atoms with E-state index in [0.717, 1.165) is 33.3 Å². The predicted molar refractivity (Wildman–Crippen MR) is 128 cm³/mol. The number of nitrogens with one attached hydrogen (secondary N) is 1. The van der Waals surface area contributed by atoms with E-state index < -0.39 is 23.2 Å². The molecule has 1 saturated carbocycles. The Hall–Kier alpha value is -2.97. The predicted octanol–water partition coefficient (Wildman–Crippen LogP) is 5.42. The van der Waals surface area contributed by atoms with Gasteiger partial charge in [0.05, 0.1) is 25.2 Å². The Balaban J connectivity index is 1.53. The Labute approximate surface area is 202 Å². The third-order valence-corrected chi connectivity index (χ3v) is 8.10. The van der Waals surface area contributed by atoms with Crippen molar-refractivity contribution in [3.05, 3.63) is 64.8 Å². The molecule has 1 aliphatic heterocycles. The van der Waals surface area contributed by atoms with E-state index in [1.165, 1.54) is 7.11 Å². The van der Waals surface area contributed by atoms with Gasteiger partial charge in [0, 0.05) is 47.8 Å². The molecule has 1 spiro atoms. The molecule has 1 aliphatic carbocycles. The van der Waals surface area contributed by atoms with E-state index in [2.05, 4.69) is 9.88 Å². The van der Waals surface area contributed by atoms with Crippen LogP contribution in [0, 0.1) is 18.3 Å². The SMILES string of the molecule is COCC1C(F)(F)C12CCN(Cc1c(OC)cc(C)c3[nH]ccc13)C(c1ccc(C(=O)O)cc1)C2. The number of halogens is 2. The van der Waals surface area contributed by atoms with E-state index in [0.29, 0.717) is 19.5 Å². The smallest absolute Gasteiger partial charge is 0.335 e. The molecule has 3 atom stereocenters. The fourth-order valence-electron chi connectivity index (χ4n) is 6.07. The van der Waals surface area contributed by atoms with Gasteiger partial charge in [0.15, 0.2) is 0 Å². The van der Waals surface area contributed by atoms with Gasteiger partial charge in [-0.3, -0.25) is 4.90 Å². The van der Waals surface area contributed by atoms with Crippen LogP contribution in [0.15, 0.2) is 42.6 Å². The number of aryl methyl sites for hydroxylation is 1. The molecule has 186 valence electrons. The van der Waals surface area contributed by atoms with E-state index in [9.17, 15) is 9.90 Å². The molecule has 2 N–H and O–H groups in total. The quantitative estimate of drug-likeness (QED) is 0.469. The number of alkyl halides is 2. The standard InChI is InChI=1S/C27H30F2N2O4/c1-16-12-22(35-3)20(19-8-10-30-24(16)19)14-31-11-9-26(23(15-34-2)27(26,28)29)13-21(31)17-4-6-18(7-5-17)25(32)33/h4-8,10,12,21,23,30H,9,11,13-15H2,1-3H3,(H,32,33). The summed E-state index contributed by atoms with van der Waals surface area (Å²) >= 11 is 0. The second-order valence-corrected chi connectivity index (χ2v) is 9.80. The summed E-state index contributed by atoms with van der Waals surface area (Å²) in [5.74, 6) is -3.82. The minimum Gasteiger partial charge on any atom is -0.496 e. The number of rotatable bonds is 7. The first kappa shape index (κ1) is 23.8. The van der Waals surface area contributed by atoms with Gasteiger partial charge in [0.2, 0.25) is 0 Å². The monoisotopic (exact) mass is 484 g/mol. The van der Waals surface area contributed by atoms with Crippen LogP contribution in [-0.4, -0.2) is 54.3 Å². The van der Waals surface area contributed by atoms with E-state index in [1.54, 1.807) is 31.4 Å². The van der Waals surface area contributed by atoms with Gasteiger partial charge in [-0.25, -0.2) is 13.6 Å². The number of aromatic carboxylic acids is 1. The lowest BCUT2D eigenvalue weighted by Gasteiger charge is -2.41. The van der Waals surface area contributed by atoms with Crippen molar-refractivity contribution in [1.29, 1.82) is 0 Å². The van der Waals surface area contributed by atoms with Crippen molar-refractivity contribution < 1.29 is 28.2 Å². The molecule has 0 amide bonds. The number of ether oxygens (including phenoxy) is 2. The average molecular weight is 485 g/mol. The van der Waals surface area contributed by atoms with Gasteiger partial charge in [0.1, 0.15) is 5.75 Å². The molecule has 1 saturated heterocycles. The van der Waals surface area contributed by atoms with Gasteiger partial charge in [-0.15, -0.1) is 0 Å². The number of benzene rings is 2. The molecule has 35 heavy (non-hydrogen) atoms. The van der Waals surface area contributed by atoms with Gasteiger partial charge in [-0.1, -0.05) is 12.1 Å². The van der Waals surface area contributed by atoms with Gasteiger partial charge >= 0.3 is 5.97 Å². The maximum absolute atomic E-state index is 15.1. The highest BCUT2D eigenvalue weighted by atomic mass is 19.3. The van der Waals surface area contributed by atoms with Crippen LogP contribution in [-0.2, 0) is 11.3 Å². The van der Waals surface area contributed by atoms with E-state index in [1.807, 2.05) is 25.3 Å². The van der Waals surface area contributed by atoms with Crippen LogP contribution in [0.4, 0.5) is 8.78 Å². The number of carbonyl (C=O) groups is 1. The average Bonchev–Trinajstić information content (AvgIpc) is 3.16. The van der Waals surface area contributed by atoms with Crippen molar-refractivity contribution >= 4 is 16.9 Å². The summed E-state index contributed by atoms with van der Waals surface area (Å²) in [5.41, 5.74) is 3.03. The fraction of sp³-hybridized carbons (Fsp3) is 0.444. The number of aromatic nitrogens is 1. The zero-order valence-corrected chi connectivity index (χ0v) is 20.1. The van der Waals surface area contributed by atoms with Crippen LogP contribution in [0.1, 0.15) is 45.9 Å². The van der Waals surface area contributed by atoms with E-state index in [4.69, 9.17) is 9.47 Å². The highest BCUT2D eigenvalue weighted by Crippen LogP contribution is 2.72. The number of H-pyrrole nitrogens is 1. The molecular weight excluding hydrogens is 454 g/mol. The van der Waals surface area contributed by atoms with E-state index >= 15 is 8.78 Å². The summed E-state index contributed by atoms with van der Waals surface area (Å²) in [5, 5.41) is 10.4. The second-order valence-electron chi connectivity index (χ2n) is 9.80. The molecule has 2 aliphatic rings. The molecule has 1 aromatic heterocycles. The molecule has 0 bridgehead atoms. The molecule has 8 heteroatoms. The minimum atomic E-state index is -2.77. The second kappa shape index (κ2) is 8.60. The highest BCUT2D eigenvalue weighted by molar-refractivity contribution is 5.88. The van der Waals surface area contributed by atoms with Crippen LogP contribution in [0.25, 0.3) is 10.9 Å². The minimum absolute atomic E-state index is 0.0351. The Morgan fingerprint density at radius 3 is 2.63 bits per heavy atom. The van der Waals surface area contributed by atoms with Crippen LogP contribution < -0.4 is 4.74 Å². The van der Waals surface area contributed by atoms with Crippen molar-refractivity contribution in [2.75, 3.05) is 27.4 Å².